The van der Waals surface area contributed by atoms with Crippen LogP contribution in [0.4, 0.5) is 0 Å². The molecule has 0 rings (SSSR count). The van der Waals surface area contributed by atoms with Crippen molar-refractivity contribution in [3.63, 3.8) is 0 Å². The molecule has 0 saturated heterocycles. The number of amides is 2. The van der Waals surface area contributed by atoms with Crippen LogP contribution >= 0.6 is 12.4 Å². The highest BCUT2D eigenvalue weighted by Crippen LogP contribution is 1.98. The van der Waals surface area contributed by atoms with E-state index < -0.39 is 0 Å². The second-order valence-corrected chi connectivity index (χ2v) is 4.40. The second-order valence-electron chi connectivity index (χ2n) is 4.40. The molecule has 2 amide bonds. The third-order valence-corrected chi connectivity index (χ3v) is 2.45. The Balaban J connectivity index is 0. The summed E-state index contributed by atoms with van der Waals surface area (Å²) in [4.78, 5) is 24.2. The number of halogens is 1. The van der Waals surface area contributed by atoms with Crippen LogP contribution in [0.3, 0.4) is 0 Å². The van der Waals surface area contributed by atoms with Gasteiger partial charge in [-0.05, 0) is 19.9 Å². The molecule has 0 bridgehead atoms. The highest BCUT2D eigenvalue weighted by atomic mass is 35.5. The Hall–Kier alpha value is -0.810. The molecule has 0 unspecified atom stereocenters. The first-order valence-corrected chi connectivity index (χ1v) is 6.17. The Morgan fingerprint density at radius 2 is 1.83 bits per heavy atom. The summed E-state index contributed by atoms with van der Waals surface area (Å²) in [7, 11) is 3.45. The van der Waals surface area contributed by atoms with Crippen molar-refractivity contribution in [1.82, 2.24) is 15.5 Å². The first-order chi connectivity index (χ1) is 7.97. The molecule has 18 heavy (non-hydrogen) atoms. The van der Waals surface area contributed by atoms with E-state index in [-0.39, 0.29) is 30.3 Å². The number of hydrogen-bond donors (Lipinski definition) is 2. The molecule has 2 N–H and O–H groups in total. The van der Waals surface area contributed by atoms with Gasteiger partial charge in [0.05, 0.1) is 0 Å². The van der Waals surface area contributed by atoms with Gasteiger partial charge in [0.25, 0.3) is 0 Å². The first kappa shape index (κ1) is 19.5. The average molecular weight is 280 g/mol. The summed E-state index contributed by atoms with van der Waals surface area (Å²) < 4.78 is 0. The van der Waals surface area contributed by atoms with Crippen molar-refractivity contribution in [1.29, 1.82) is 0 Å². The third kappa shape index (κ3) is 10.4. The summed E-state index contributed by atoms with van der Waals surface area (Å²) in [5, 5.41) is 6.06. The molecule has 1 atom stereocenters. The van der Waals surface area contributed by atoms with Crippen molar-refractivity contribution < 1.29 is 9.59 Å². The van der Waals surface area contributed by atoms with Gasteiger partial charge in [-0.15, -0.1) is 12.4 Å². The maximum Gasteiger partial charge on any atom is 0.222 e. The van der Waals surface area contributed by atoms with Crippen molar-refractivity contribution in [2.75, 3.05) is 27.2 Å². The summed E-state index contributed by atoms with van der Waals surface area (Å²) in [5.74, 6) is 0.0835. The number of carbonyl (C=O) groups is 2. The number of carbonyl (C=O) groups excluding carboxylic acids is 2. The Bertz CT molecular complexity index is 247. The highest BCUT2D eigenvalue weighted by Gasteiger charge is 2.07. The molecular weight excluding hydrogens is 254 g/mol. The molecule has 0 aliphatic carbocycles. The van der Waals surface area contributed by atoms with E-state index in [1.165, 1.54) is 0 Å². The molecule has 0 aliphatic rings. The zero-order valence-electron chi connectivity index (χ0n) is 11.8. The minimum Gasteiger partial charge on any atom is -0.355 e. The van der Waals surface area contributed by atoms with Crippen molar-refractivity contribution >= 4 is 24.2 Å². The average Bonchev–Trinajstić information content (AvgIpc) is 2.26. The minimum atomic E-state index is 0. The van der Waals surface area contributed by atoms with Gasteiger partial charge in [-0.3, -0.25) is 9.59 Å². The molecule has 0 radical (unpaired) electrons. The molecule has 5 nitrogen and oxygen atoms in total. The van der Waals surface area contributed by atoms with Gasteiger partial charge in [0, 0.05) is 39.5 Å². The number of nitrogens with zero attached hydrogens (tertiary/aromatic N) is 1. The van der Waals surface area contributed by atoms with Crippen molar-refractivity contribution in [2.24, 2.45) is 0 Å². The van der Waals surface area contributed by atoms with E-state index in [0.29, 0.717) is 25.8 Å². The predicted octanol–water partition coefficient (Wildman–Crippen LogP) is 0.781. The van der Waals surface area contributed by atoms with Gasteiger partial charge in [0.2, 0.25) is 11.8 Å². The second kappa shape index (κ2) is 11.3. The summed E-state index contributed by atoms with van der Waals surface area (Å²) in [6.07, 6.45) is 1.46. The highest BCUT2D eigenvalue weighted by molar-refractivity contribution is 5.85. The van der Waals surface area contributed by atoms with Crippen molar-refractivity contribution in [2.45, 2.75) is 39.2 Å². The van der Waals surface area contributed by atoms with Crippen LogP contribution in [0.1, 0.15) is 33.1 Å². The first-order valence-electron chi connectivity index (χ1n) is 6.17. The van der Waals surface area contributed by atoms with Gasteiger partial charge in [-0.2, -0.15) is 0 Å². The summed E-state index contributed by atoms with van der Waals surface area (Å²) >= 11 is 0. The van der Waals surface area contributed by atoms with E-state index in [0.717, 1.165) is 6.54 Å². The van der Waals surface area contributed by atoms with E-state index in [2.05, 4.69) is 10.6 Å². The Kier molecular flexibility index (Phi) is 12.2. The van der Waals surface area contributed by atoms with Crippen LogP contribution in [0.5, 0.6) is 0 Å². The molecule has 0 fully saturated rings. The monoisotopic (exact) mass is 279 g/mol. The van der Waals surface area contributed by atoms with Crippen LogP contribution in [0.25, 0.3) is 0 Å². The Morgan fingerprint density at radius 1 is 1.22 bits per heavy atom. The fourth-order valence-corrected chi connectivity index (χ4v) is 1.40. The number of likely N-dealkylation sites (N-methyl/N-ethyl adjacent to an activating group) is 1. The van der Waals surface area contributed by atoms with Crippen LogP contribution < -0.4 is 10.6 Å². The maximum atomic E-state index is 11.4. The summed E-state index contributed by atoms with van der Waals surface area (Å²) in [5.41, 5.74) is 0. The lowest BCUT2D eigenvalue weighted by Gasteiger charge is -2.13. The van der Waals surface area contributed by atoms with Crippen LogP contribution in [-0.4, -0.2) is 49.9 Å². The molecule has 0 aromatic carbocycles. The van der Waals surface area contributed by atoms with Crippen molar-refractivity contribution in [3.8, 4) is 0 Å². The SMILES string of the molecule is CCN[C@H](C)CNC(=O)CCCC(=O)N(C)C.Cl. The largest absolute Gasteiger partial charge is 0.355 e. The van der Waals surface area contributed by atoms with E-state index in [1.54, 1.807) is 19.0 Å². The lowest BCUT2D eigenvalue weighted by atomic mass is 10.2. The smallest absolute Gasteiger partial charge is 0.222 e. The molecule has 0 saturated carbocycles. The third-order valence-electron chi connectivity index (χ3n) is 2.45. The van der Waals surface area contributed by atoms with Crippen LogP contribution in [0.15, 0.2) is 0 Å². The predicted molar refractivity (Wildman–Crippen MR) is 75.9 cm³/mol. The lowest BCUT2D eigenvalue weighted by molar-refractivity contribution is -0.129. The summed E-state index contributed by atoms with van der Waals surface area (Å²) in [6, 6.07) is 0.285. The van der Waals surface area contributed by atoms with E-state index >= 15 is 0 Å². The molecule has 0 heterocycles. The van der Waals surface area contributed by atoms with Gasteiger partial charge >= 0.3 is 0 Å². The maximum absolute atomic E-state index is 11.4. The van der Waals surface area contributed by atoms with Gasteiger partial charge in [-0.25, -0.2) is 0 Å². The topological polar surface area (TPSA) is 61.4 Å². The van der Waals surface area contributed by atoms with E-state index in [9.17, 15) is 9.59 Å². The Morgan fingerprint density at radius 3 is 2.33 bits per heavy atom. The Labute approximate surface area is 116 Å². The number of rotatable bonds is 8. The lowest BCUT2D eigenvalue weighted by Crippen LogP contribution is -2.38. The van der Waals surface area contributed by atoms with Crippen molar-refractivity contribution in [3.05, 3.63) is 0 Å². The molecule has 6 heteroatoms. The van der Waals surface area contributed by atoms with Gasteiger partial charge < -0.3 is 15.5 Å². The molecule has 0 aromatic heterocycles. The van der Waals surface area contributed by atoms with Crippen LogP contribution in [0.2, 0.25) is 0 Å². The van der Waals surface area contributed by atoms with Gasteiger partial charge in [-0.1, -0.05) is 6.92 Å². The van der Waals surface area contributed by atoms with Crippen LogP contribution in [-0.2, 0) is 9.59 Å². The quantitative estimate of drug-likeness (QED) is 0.690. The fraction of sp³-hybridized carbons (Fsp3) is 0.833. The molecular formula is C12H26ClN3O2. The van der Waals surface area contributed by atoms with Crippen LogP contribution in [0, 0.1) is 0 Å². The van der Waals surface area contributed by atoms with E-state index in [1.807, 2.05) is 13.8 Å². The molecule has 0 spiro atoms. The van der Waals surface area contributed by atoms with Gasteiger partial charge in [0.15, 0.2) is 0 Å². The zero-order chi connectivity index (χ0) is 13.3. The zero-order valence-corrected chi connectivity index (χ0v) is 12.6. The number of nitrogens with one attached hydrogen (secondary N) is 2. The van der Waals surface area contributed by atoms with E-state index in [4.69, 9.17) is 0 Å². The molecule has 108 valence electrons. The molecule has 0 aromatic rings. The molecule has 0 aliphatic heterocycles. The standard InChI is InChI=1S/C12H25N3O2.ClH/c1-5-13-10(2)9-14-11(16)7-6-8-12(17)15(3)4;/h10,13H,5-9H2,1-4H3,(H,14,16);1H/t10-;/m1./s1. The van der Waals surface area contributed by atoms with Gasteiger partial charge in [0.1, 0.15) is 0 Å². The summed E-state index contributed by atoms with van der Waals surface area (Å²) in [6.45, 7) is 5.59. The minimum absolute atomic E-state index is 0. The number of hydrogen-bond acceptors (Lipinski definition) is 3. The fourth-order valence-electron chi connectivity index (χ4n) is 1.40. The normalized spacial score (nSPS) is 11.3.